The minimum Gasteiger partial charge on any atom is -0.382 e. The topological polar surface area (TPSA) is 66.0 Å². The van der Waals surface area contributed by atoms with Crippen LogP contribution in [0.3, 0.4) is 0 Å². The van der Waals surface area contributed by atoms with Crippen LogP contribution >= 0.6 is 0 Å². The number of nitrogens with zero attached hydrogens (tertiary/aromatic N) is 2. The molecule has 0 saturated heterocycles. The van der Waals surface area contributed by atoms with Gasteiger partial charge in [-0.25, -0.2) is 4.98 Å². The minimum absolute atomic E-state index is 0.0305. The third-order valence-electron chi connectivity index (χ3n) is 3.66. The molecule has 1 aliphatic rings. The fourth-order valence-electron chi connectivity index (χ4n) is 2.64. The van der Waals surface area contributed by atoms with E-state index in [0.717, 1.165) is 18.3 Å². The van der Waals surface area contributed by atoms with E-state index in [0.29, 0.717) is 5.69 Å². The molecule has 1 saturated carbocycles. The van der Waals surface area contributed by atoms with Gasteiger partial charge < -0.3 is 10.6 Å². The van der Waals surface area contributed by atoms with Crippen molar-refractivity contribution in [1.29, 1.82) is 5.41 Å². The van der Waals surface area contributed by atoms with Gasteiger partial charge in [0.05, 0.1) is 0 Å². The molecule has 0 amide bonds. The summed E-state index contributed by atoms with van der Waals surface area (Å²) in [4.78, 5) is 6.60. The molecule has 0 bridgehead atoms. The van der Waals surface area contributed by atoms with Crippen LogP contribution in [0, 0.1) is 11.3 Å². The lowest BCUT2D eigenvalue weighted by molar-refractivity contribution is 0.361. The first-order valence-corrected chi connectivity index (χ1v) is 6.69. The van der Waals surface area contributed by atoms with E-state index in [1.807, 2.05) is 12.1 Å². The summed E-state index contributed by atoms with van der Waals surface area (Å²) in [5.74, 6) is 1.72. The molecule has 4 heteroatoms. The number of hydrogen-bond acceptors (Lipinski definition) is 3. The van der Waals surface area contributed by atoms with Crippen LogP contribution in [0.4, 0.5) is 5.82 Å². The quantitative estimate of drug-likeness (QED) is 0.633. The summed E-state index contributed by atoms with van der Waals surface area (Å²) in [7, 11) is 2.07. The van der Waals surface area contributed by atoms with Gasteiger partial charge in [0.25, 0.3) is 0 Å². The summed E-state index contributed by atoms with van der Waals surface area (Å²) >= 11 is 0. The van der Waals surface area contributed by atoms with Crippen molar-refractivity contribution in [2.75, 3.05) is 18.5 Å². The molecule has 0 spiro atoms. The zero-order valence-corrected chi connectivity index (χ0v) is 11.0. The van der Waals surface area contributed by atoms with Gasteiger partial charge in [0.15, 0.2) is 0 Å². The molecule has 3 N–H and O–H groups in total. The van der Waals surface area contributed by atoms with Crippen LogP contribution in [-0.2, 0) is 0 Å². The van der Waals surface area contributed by atoms with E-state index >= 15 is 0 Å². The Morgan fingerprint density at radius 1 is 1.39 bits per heavy atom. The third kappa shape index (κ3) is 3.22. The normalized spacial score (nSPS) is 16.5. The molecular weight excluding hydrogens is 224 g/mol. The van der Waals surface area contributed by atoms with E-state index in [1.165, 1.54) is 32.1 Å². The van der Waals surface area contributed by atoms with Crippen molar-refractivity contribution >= 4 is 11.7 Å². The van der Waals surface area contributed by atoms with Crippen molar-refractivity contribution in [3.05, 3.63) is 23.9 Å². The predicted molar refractivity (Wildman–Crippen MR) is 75.1 cm³/mol. The molecule has 18 heavy (non-hydrogen) atoms. The molecule has 2 rings (SSSR count). The monoisotopic (exact) mass is 246 g/mol. The SMILES string of the molecule is CN(CC1CCCCC1)c1cccc(C(=N)N)n1. The number of hydrogen-bond donors (Lipinski definition) is 2. The van der Waals surface area contributed by atoms with Gasteiger partial charge in [0.1, 0.15) is 17.3 Å². The average Bonchev–Trinajstić information content (AvgIpc) is 2.40. The molecule has 0 unspecified atom stereocenters. The second kappa shape index (κ2) is 5.85. The van der Waals surface area contributed by atoms with E-state index in [2.05, 4.69) is 16.9 Å². The van der Waals surface area contributed by atoms with Crippen LogP contribution in [0.25, 0.3) is 0 Å². The standard InChI is InChI=1S/C14H22N4/c1-18(10-11-6-3-2-4-7-11)13-9-5-8-12(17-13)14(15)16/h5,8-9,11H,2-4,6-7,10H2,1H3,(H3,15,16). The molecule has 1 aliphatic carbocycles. The Morgan fingerprint density at radius 2 is 2.11 bits per heavy atom. The molecule has 0 aliphatic heterocycles. The summed E-state index contributed by atoms with van der Waals surface area (Å²) in [6.45, 7) is 1.05. The Labute approximate surface area is 109 Å². The van der Waals surface area contributed by atoms with Crippen LogP contribution in [0.5, 0.6) is 0 Å². The number of amidine groups is 1. The maximum absolute atomic E-state index is 7.42. The lowest BCUT2D eigenvalue weighted by Gasteiger charge is -2.27. The molecule has 0 atom stereocenters. The van der Waals surface area contributed by atoms with Gasteiger partial charge in [0, 0.05) is 13.6 Å². The number of rotatable bonds is 4. The summed E-state index contributed by atoms with van der Waals surface area (Å²) in [5, 5.41) is 7.42. The Kier molecular flexibility index (Phi) is 4.18. The summed E-state index contributed by atoms with van der Waals surface area (Å²) in [6.07, 6.45) is 6.77. The second-order valence-corrected chi connectivity index (χ2v) is 5.18. The number of anilines is 1. The molecule has 1 aromatic heterocycles. The Hall–Kier alpha value is -1.58. The first kappa shape index (κ1) is 12.9. The molecule has 1 heterocycles. The number of nitrogens with one attached hydrogen (secondary N) is 1. The van der Waals surface area contributed by atoms with Crippen molar-refractivity contribution in [3.8, 4) is 0 Å². The highest BCUT2D eigenvalue weighted by molar-refractivity contribution is 5.93. The average molecular weight is 246 g/mol. The van der Waals surface area contributed by atoms with Crippen LogP contribution in [0.2, 0.25) is 0 Å². The predicted octanol–water partition coefficient (Wildman–Crippen LogP) is 2.38. The summed E-state index contributed by atoms with van der Waals surface area (Å²) in [6, 6.07) is 5.67. The Morgan fingerprint density at radius 3 is 2.78 bits per heavy atom. The van der Waals surface area contributed by atoms with E-state index in [4.69, 9.17) is 11.1 Å². The third-order valence-corrected chi connectivity index (χ3v) is 3.66. The van der Waals surface area contributed by atoms with Gasteiger partial charge in [0.2, 0.25) is 0 Å². The van der Waals surface area contributed by atoms with E-state index in [1.54, 1.807) is 6.07 Å². The largest absolute Gasteiger partial charge is 0.382 e. The van der Waals surface area contributed by atoms with Gasteiger partial charge in [-0.3, -0.25) is 5.41 Å². The first-order valence-electron chi connectivity index (χ1n) is 6.69. The Bertz CT molecular complexity index is 410. The number of nitrogens with two attached hydrogens (primary N) is 1. The van der Waals surface area contributed by atoms with Crippen molar-refractivity contribution in [2.24, 2.45) is 11.7 Å². The highest BCUT2D eigenvalue weighted by Gasteiger charge is 2.16. The fraction of sp³-hybridized carbons (Fsp3) is 0.571. The smallest absolute Gasteiger partial charge is 0.141 e. The minimum atomic E-state index is 0.0305. The zero-order valence-electron chi connectivity index (χ0n) is 11.0. The molecule has 0 radical (unpaired) electrons. The lowest BCUT2D eigenvalue weighted by Crippen LogP contribution is -2.28. The highest BCUT2D eigenvalue weighted by atomic mass is 15.2. The van der Waals surface area contributed by atoms with E-state index < -0.39 is 0 Å². The maximum atomic E-state index is 7.42. The van der Waals surface area contributed by atoms with Crippen molar-refractivity contribution in [1.82, 2.24) is 4.98 Å². The van der Waals surface area contributed by atoms with E-state index in [-0.39, 0.29) is 5.84 Å². The van der Waals surface area contributed by atoms with Gasteiger partial charge >= 0.3 is 0 Å². The van der Waals surface area contributed by atoms with Crippen LogP contribution in [0.15, 0.2) is 18.2 Å². The van der Waals surface area contributed by atoms with Gasteiger partial charge in [-0.15, -0.1) is 0 Å². The second-order valence-electron chi connectivity index (χ2n) is 5.18. The van der Waals surface area contributed by atoms with Gasteiger partial charge in [-0.05, 0) is 30.9 Å². The number of pyridine rings is 1. The molecule has 98 valence electrons. The maximum Gasteiger partial charge on any atom is 0.141 e. The zero-order chi connectivity index (χ0) is 13.0. The van der Waals surface area contributed by atoms with Crippen LogP contribution < -0.4 is 10.6 Å². The molecular formula is C14H22N4. The summed E-state index contributed by atoms with van der Waals surface area (Å²) < 4.78 is 0. The van der Waals surface area contributed by atoms with Crippen molar-refractivity contribution < 1.29 is 0 Å². The van der Waals surface area contributed by atoms with Crippen LogP contribution in [-0.4, -0.2) is 24.4 Å². The molecule has 1 fully saturated rings. The lowest BCUT2D eigenvalue weighted by atomic mass is 9.89. The number of aromatic nitrogens is 1. The van der Waals surface area contributed by atoms with Crippen molar-refractivity contribution in [2.45, 2.75) is 32.1 Å². The van der Waals surface area contributed by atoms with Gasteiger partial charge in [-0.2, -0.15) is 0 Å². The Balaban J connectivity index is 2.01. The first-order chi connectivity index (χ1) is 8.66. The molecule has 0 aromatic carbocycles. The molecule has 1 aromatic rings. The van der Waals surface area contributed by atoms with Crippen LogP contribution in [0.1, 0.15) is 37.8 Å². The summed E-state index contributed by atoms with van der Waals surface area (Å²) in [5.41, 5.74) is 6.03. The molecule has 4 nitrogen and oxygen atoms in total. The van der Waals surface area contributed by atoms with Crippen molar-refractivity contribution in [3.63, 3.8) is 0 Å². The highest BCUT2D eigenvalue weighted by Crippen LogP contribution is 2.25. The van der Waals surface area contributed by atoms with E-state index in [9.17, 15) is 0 Å². The fourth-order valence-corrected chi connectivity index (χ4v) is 2.64. The van der Waals surface area contributed by atoms with Gasteiger partial charge in [-0.1, -0.05) is 25.3 Å². The number of nitrogen functional groups attached to an aromatic ring is 1.